The molecule has 0 aliphatic rings. The van der Waals surface area contributed by atoms with Gasteiger partial charge in [-0.05, 0) is 12.1 Å². The summed E-state index contributed by atoms with van der Waals surface area (Å²) in [6.07, 6.45) is 2.32. The molecule has 2 aromatic heterocycles. The van der Waals surface area contributed by atoms with Crippen LogP contribution in [0, 0.1) is 0 Å². The van der Waals surface area contributed by atoms with Crippen LogP contribution < -0.4 is 0 Å². The molecule has 15 heavy (non-hydrogen) atoms. The van der Waals surface area contributed by atoms with Crippen LogP contribution in [-0.4, -0.2) is 26.7 Å². The fourth-order valence-electron chi connectivity index (χ4n) is 1.09. The first kappa shape index (κ1) is 9.32. The molecule has 0 spiro atoms. The highest BCUT2D eigenvalue weighted by atomic mass is 16.3. The van der Waals surface area contributed by atoms with Crippen molar-refractivity contribution < 1.29 is 14.0 Å². The van der Waals surface area contributed by atoms with Gasteiger partial charge in [0, 0.05) is 0 Å². The lowest BCUT2D eigenvalue weighted by Crippen LogP contribution is -2.09. The highest BCUT2D eigenvalue weighted by Gasteiger charge is 2.17. The first-order valence-corrected chi connectivity index (χ1v) is 4.22. The number of carbonyl (C=O) groups is 2. The number of aromatic amines is 1. The van der Waals surface area contributed by atoms with Gasteiger partial charge in [0.15, 0.2) is 11.6 Å². The molecule has 2 rings (SSSR count). The Morgan fingerprint density at radius 2 is 2.27 bits per heavy atom. The number of nitrogens with zero attached hydrogens (tertiary/aromatic N) is 2. The summed E-state index contributed by atoms with van der Waals surface area (Å²) in [6, 6.07) is 3.10. The number of aromatic nitrogens is 3. The lowest BCUT2D eigenvalue weighted by atomic mass is 10.1. The van der Waals surface area contributed by atoms with Gasteiger partial charge < -0.3 is 4.42 Å². The van der Waals surface area contributed by atoms with Crippen LogP contribution in [0.1, 0.15) is 27.6 Å². The van der Waals surface area contributed by atoms with Crippen molar-refractivity contribution in [1.82, 2.24) is 15.2 Å². The Hall–Kier alpha value is -2.24. The first-order chi connectivity index (χ1) is 7.27. The van der Waals surface area contributed by atoms with Gasteiger partial charge in [0.2, 0.25) is 11.6 Å². The van der Waals surface area contributed by atoms with Crippen molar-refractivity contribution in [2.24, 2.45) is 0 Å². The number of H-pyrrole nitrogens is 1. The van der Waals surface area contributed by atoms with E-state index in [9.17, 15) is 9.59 Å². The number of hydrogen-bond donors (Lipinski definition) is 1. The second-order valence-electron chi connectivity index (χ2n) is 2.83. The van der Waals surface area contributed by atoms with Crippen LogP contribution in [0.3, 0.4) is 0 Å². The lowest BCUT2D eigenvalue weighted by Gasteiger charge is -1.93. The van der Waals surface area contributed by atoms with Crippen LogP contribution in [0.25, 0.3) is 0 Å². The van der Waals surface area contributed by atoms with Crippen LogP contribution in [0.15, 0.2) is 29.1 Å². The van der Waals surface area contributed by atoms with Gasteiger partial charge in [0.25, 0.3) is 0 Å². The summed E-state index contributed by atoms with van der Waals surface area (Å²) in [5.41, 5.74) is 0. The van der Waals surface area contributed by atoms with E-state index in [1.54, 1.807) is 6.07 Å². The minimum Gasteiger partial charge on any atom is -0.461 e. The molecule has 6 heteroatoms. The van der Waals surface area contributed by atoms with Gasteiger partial charge in [-0.15, -0.1) is 0 Å². The van der Waals surface area contributed by atoms with Gasteiger partial charge in [-0.1, -0.05) is 0 Å². The molecule has 0 fully saturated rings. The second-order valence-corrected chi connectivity index (χ2v) is 2.83. The zero-order valence-electron chi connectivity index (χ0n) is 7.64. The van der Waals surface area contributed by atoms with E-state index in [2.05, 4.69) is 15.2 Å². The molecule has 1 N–H and O–H groups in total. The largest absolute Gasteiger partial charge is 0.461 e. The van der Waals surface area contributed by atoms with E-state index in [-0.39, 0.29) is 23.8 Å². The molecule has 0 aromatic carbocycles. The highest BCUT2D eigenvalue weighted by molar-refractivity contribution is 6.11. The van der Waals surface area contributed by atoms with Crippen LogP contribution in [-0.2, 0) is 0 Å². The van der Waals surface area contributed by atoms with E-state index in [1.807, 2.05) is 0 Å². The third-order valence-corrected chi connectivity index (χ3v) is 1.80. The molecule has 2 heterocycles. The average Bonchev–Trinajstić information content (AvgIpc) is 2.91. The second kappa shape index (κ2) is 3.87. The SMILES string of the molecule is O=C(CC(=O)c1ccco1)c1ncn[nH]1. The molecule has 2 aromatic rings. The molecular formula is C9H7N3O3. The van der Waals surface area contributed by atoms with Crippen LogP contribution in [0.2, 0.25) is 0 Å². The molecule has 76 valence electrons. The average molecular weight is 205 g/mol. The monoisotopic (exact) mass is 205 g/mol. The molecule has 6 nitrogen and oxygen atoms in total. The summed E-state index contributed by atoms with van der Waals surface area (Å²) in [5, 5.41) is 5.92. The van der Waals surface area contributed by atoms with E-state index in [4.69, 9.17) is 4.42 Å². The minimum atomic E-state index is -0.408. The van der Waals surface area contributed by atoms with Gasteiger partial charge in [-0.2, -0.15) is 5.10 Å². The van der Waals surface area contributed by atoms with Gasteiger partial charge >= 0.3 is 0 Å². The Morgan fingerprint density at radius 3 is 2.87 bits per heavy atom. The van der Waals surface area contributed by atoms with Crippen LogP contribution in [0.4, 0.5) is 0 Å². The number of carbonyl (C=O) groups excluding carboxylic acids is 2. The lowest BCUT2D eigenvalue weighted by molar-refractivity contribution is 0.0873. The zero-order chi connectivity index (χ0) is 10.7. The predicted molar refractivity (Wildman–Crippen MR) is 48.4 cm³/mol. The molecule has 0 amide bonds. The van der Waals surface area contributed by atoms with Crippen molar-refractivity contribution in [3.63, 3.8) is 0 Å². The van der Waals surface area contributed by atoms with Crippen LogP contribution >= 0.6 is 0 Å². The Morgan fingerprint density at radius 1 is 1.40 bits per heavy atom. The van der Waals surface area contributed by atoms with Crippen molar-refractivity contribution in [3.05, 3.63) is 36.3 Å². The Kier molecular flexibility index (Phi) is 2.40. The highest BCUT2D eigenvalue weighted by Crippen LogP contribution is 2.06. The molecule has 0 saturated heterocycles. The van der Waals surface area contributed by atoms with E-state index < -0.39 is 5.78 Å². The first-order valence-electron chi connectivity index (χ1n) is 4.22. The maximum Gasteiger partial charge on any atom is 0.207 e. The maximum absolute atomic E-state index is 11.4. The standard InChI is InChI=1S/C9H7N3O3/c13-6(8-2-1-3-15-8)4-7(14)9-10-5-11-12-9/h1-3,5H,4H2,(H,10,11,12). The van der Waals surface area contributed by atoms with E-state index in [0.717, 1.165) is 0 Å². The number of rotatable bonds is 4. The van der Waals surface area contributed by atoms with Crippen LogP contribution in [0.5, 0.6) is 0 Å². The number of furan rings is 1. The Bertz CT molecular complexity index is 415. The summed E-state index contributed by atoms with van der Waals surface area (Å²) >= 11 is 0. The number of hydrogen-bond acceptors (Lipinski definition) is 5. The Balaban J connectivity index is 2.04. The summed E-state index contributed by atoms with van der Waals surface area (Å²) in [4.78, 5) is 26.5. The molecule has 0 saturated carbocycles. The summed E-state index contributed by atoms with van der Waals surface area (Å²) < 4.78 is 4.87. The number of Topliss-reactive ketones (excluding diaryl/α,β-unsaturated/α-hetero) is 2. The summed E-state index contributed by atoms with van der Waals surface area (Å²) in [5.74, 6) is -0.534. The fourth-order valence-corrected chi connectivity index (χ4v) is 1.09. The maximum atomic E-state index is 11.4. The van der Waals surface area contributed by atoms with Crippen molar-refractivity contribution in [2.75, 3.05) is 0 Å². The van der Waals surface area contributed by atoms with Gasteiger partial charge in [-0.25, -0.2) is 4.98 Å². The number of ketones is 2. The van der Waals surface area contributed by atoms with Gasteiger partial charge in [-0.3, -0.25) is 14.7 Å². The summed E-state index contributed by atoms with van der Waals surface area (Å²) in [6.45, 7) is 0. The molecule has 0 unspecified atom stereocenters. The molecule has 0 radical (unpaired) electrons. The number of nitrogens with one attached hydrogen (secondary N) is 1. The van der Waals surface area contributed by atoms with Crippen molar-refractivity contribution >= 4 is 11.6 Å². The minimum absolute atomic E-state index is 0.0786. The quantitative estimate of drug-likeness (QED) is 0.590. The predicted octanol–water partition coefficient (Wildman–Crippen LogP) is 0.853. The third kappa shape index (κ3) is 1.98. The molecule has 0 atom stereocenters. The molecular weight excluding hydrogens is 198 g/mol. The normalized spacial score (nSPS) is 10.1. The zero-order valence-corrected chi connectivity index (χ0v) is 7.64. The molecule has 0 bridgehead atoms. The smallest absolute Gasteiger partial charge is 0.207 e. The van der Waals surface area contributed by atoms with E-state index in [0.29, 0.717) is 0 Å². The van der Waals surface area contributed by atoms with Crippen molar-refractivity contribution in [3.8, 4) is 0 Å². The van der Waals surface area contributed by atoms with Crippen molar-refractivity contribution in [1.29, 1.82) is 0 Å². The Labute approximate surface area is 84.3 Å². The van der Waals surface area contributed by atoms with E-state index >= 15 is 0 Å². The third-order valence-electron chi connectivity index (χ3n) is 1.80. The van der Waals surface area contributed by atoms with E-state index in [1.165, 1.54) is 18.7 Å². The molecule has 0 aliphatic heterocycles. The van der Waals surface area contributed by atoms with Gasteiger partial charge in [0.1, 0.15) is 6.33 Å². The molecule has 0 aliphatic carbocycles. The summed E-state index contributed by atoms with van der Waals surface area (Å²) in [7, 11) is 0. The van der Waals surface area contributed by atoms with Crippen molar-refractivity contribution in [2.45, 2.75) is 6.42 Å². The topological polar surface area (TPSA) is 88.8 Å². The fraction of sp³-hybridized carbons (Fsp3) is 0.111. The van der Waals surface area contributed by atoms with Gasteiger partial charge in [0.05, 0.1) is 12.7 Å².